The number of carbonyl (C=O) groups excluding carboxylic acids is 8. The minimum absolute atomic E-state index is 0. The van der Waals surface area contributed by atoms with Crippen molar-refractivity contribution in [3.05, 3.63) is 0 Å². The number of aliphatic carboxylic acids is 4. The van der Waals surface area contributed by atoms with Crippen molar-refractivity contribution in [1.82, 2.24) is 30.5 Å². The SMILES string of the molecule is C.C.C.C.NPNC(=O)C(C(=O)O)(C(=O)O)C(=O)NPN.[2H]C(=O)NPNC(=O)C(C(=O)O)(C(=O)O)C(=O)NPNC([2H])=O.[2H]C(=O)O.[2H]C(=O)OC([2H])=O. The van der Waals surface area contributed by atoms with Gasteiger partial charge in [-0.3, -0.25) is 54.2 Å². The molecule has 0 rings (SSSR count). The zero-order valence-electron chi connectivity index (χ0n) is 26.6. The van der Waals surface area contributed by atoms with Crippen molar-refractivity contribution in [2.45, 2.75) is 29.7 Å². The topological polar surface area (TPSA) is 457 Å². The molecule has 15 N–H and O–H groups in total. The summed E-state index contributed by atoms with van der Waals surface area (Å²) in [6, 6.07) is 0. The number of ether oxygens (including phenoxy) is 1. The van der Waals surface area contributed by atoms with Crippen LogP contribution >= 0.6 is 35.5 Å². The van der Waals surface area contributed by atoms with Crippen molar-refractivity contribution < 1.29 is 99.5 Å². The van der Waals surface area contributed by atoms with Gasteiger partial charge >= 0.3 is 47.6 Å². The molecule has 0 aromatic rings. The lowest BCUT2D eigenvalue weighted by molar-refractivity contribution is -0.174. The standard InChI is InChI=1S/C7H10N4O8P2.C5H10N4O6P2.C2H2O3.CH2O2.4CH4/c12-1-8-20-10-3(14)7(5(16)17,6(18)19)4(15)11-21-9-2-13;6-16-8-1(10)5(3(12)13,4(14)15)2(11)9-17-7;3-1-5-2-4;2-1-3;;;;/h1-2,20-21H,(H,8,12)(H,9,13)(H,10,14)(H,11,15)(H,16,17)(H,18,19);16-17H,6-7H2,(H,8,10)(H,9,11)(H,12,13)(H,14,15);1-2H;1H,(H,2,3);4*1H4/i1D,2D;;1D,2D;1D;;;;. The summed E-state index contributed by atoms with van der Waals surface area (Å²) in [5, 5.41) is 53.2. The summed E-state index contributed by atoms with van der Waals surface area (Å²) in [5.74, 6) is -15.5. The first-order valence-corrected chi connectivity index (χ1v) is 13.9. The van der Waals surface area contributed by atoms with Gasteiger partial charge in [0.15, 0.2) is 4.11 Å². The van der Waals surface area contributed by atoms with Crippen LogP contribution in [0.4, 0.5) is 0 Å². The quantitative estimate of drug-likeness (QED) is 0.0449. The van der Waals surface area contributed by atoms with Crippen molar-refractivity contribution in [3.8, 4) is 0 Å². The number of amides is 6. The molecule has 0 aromatic carbocycles. The number of rotatable bonds is 14. The minimum Gasteiger partial charge on any atom is -0.483 e. The third kappa shape index (κ3) is 20.3. The van der Waals surface area contributed by atoms with Crippen molar-refractivity contribution in [3.63, 3.8) is 0 Å². The zero-order valence-corrected chi connectivity index (χ0v) is 25.6. The van der Waals surface area contributed by atoms with E-state index in [-0.39, 0.29) is 29.7 Å². The Hall–Kier alpha value is -5.05. The first-order valence-electron chi connectivity index (χ1n) is 12.3. The van der Waals surface area contributed by atoms with Gasteiger partial charge in [0, 0.05) is 17.8 Å². The molecule has 0 spiro atoms. The summed E-state index contributed by atoms with van der Waals surface area (Å²) in [6.45, 7) is 0. The molecule has 50 heavy (non-hydrogen) atoms. The Morgan fingerprint density at radius 1 is 0.560 bits per heavy atom. The summed E-state index contributed by atoms with van der Waals surface area (Å²) >= 11 is 0. The number of carboxylic acids is 4. The van der Waals surface area contributed by atoms with Gasteiger partial charge in [0.25, 0.3) is 30.1 Å². The van der Waals surface area contributed by atoms with Gasteiger partial charge in [-0.05, 0) is 0 Å². The van der Waals surface area contributed by atoms with E-state index >= 15 is 0 Å². The van der Waals surface area contributed by atoms with Crippen molar-refractivity contribution in [2.24, 2.45) is 21.8 Å². The maximum absolute atomic E-state index is 11.8. The molecular formula is C19H40N8O19P4. The lowest BCUT2D eigenvalue weighted by Crippen LogP contribution is -2.59. The zero-order chi connectivity index (χ0) is 41.3. The molecule has 0 aliphatic carbocycles. The Labute approximate surface area is 297 Å². The minimum atomic E-state index is -3.58. The van der Waals surface area contributed by atoms with Gasteiger partial charge in [0.1, 0.15) is 2.74 Å². The summed E-state index contributed by atoms with van der Waals surface area (Å²) < 4.78 is 33.6. The Bertz CT molecular complexity index is 1300. The number of nitrogens with one attached hydrogen (secondary N) is 6. The molecule has 0 heterocycles. The number of hydrogen-bond acceptors (Lipinski definition) is 16. The van der Waals surface area contributed by atoms with Gasteiger partial charge in [-0.1, -0.05) is 29.7 Å². The van der Waals surface area contributed by atoms with Crippen LogP contribution in [0.5, 0.6) is 0 Å². The molecule has 0 saturated carbocycles. The summed E-state index contributed by atoms with van der Waals surface area (Å²) in [6.07, 6.45) is -7.24. The highest BCUT2D eigenvalue weighted by molar-refractivity contribution is 7.35. The molecular weight excluding hydrogens is 768 g/mol. The molecule has 0 bridgehead atoms. The number of hydrogen-bond donors (Lipinski definition) is 13. The maximum Gasteiger partial charge on any atom is 0.340 e. The normalized spacial score (nSPS) is 10.9. The van der Waals surface area contributed by atoms with Crippen LogP contribution in [0, 0.1) is 10.8 Å². The van der Waals surface area contributed by atoms with E-state index < -0.39 is 126 Å². The van der Waals surface area contributed by atoms with Crippen LogP contribution in [0.3, 0.4) is 0 Å². The average molecular weight is 813 g/mol. The molecule has 0 aromatic heterocycles. The molecule has 6 amide bonds. The van der Waals surface area contributed by atoms with Crippen LogP contribution in [0.25, 0.3) is 0 Å². The van der Waals surface area contributed by atoms with Gasteiger partial charge in [-0.15, -0.1) is 0 Å². The molecule has 0 aliphatic rings. The molecule has 31 heteroatoms. The van der Waals surface area contributed by atoms with Crippen LogP contribution in [-0.4, -0.2) is 105 Å². The van der Waals surface area contributed by atoms with E-state index in [0.717, 1.165) is 0 Å². The third-order valence-corrected chi connectivity index (χ3v) is 5.58. The largest absolute Gasteiger partial charge is 0.483 e. The highest BCUT2D eigenvalue weighted by Gasteiger charge is 2.61. The van der Waals surface area contributed by atoms with Gasteiger partial charge in [0.05, 0.1) is 17.8 Å². The van der Waals surface area contributed by atoms with Gasteiger partial charge < -0.3 is 60.8 Å². The fraction of sp³-hybridized carbons (Fsp3) is 0.316. The Morgan fingerprint density at radius 3 is 0.920 bits per heavy atom. The molecule has 290 valence electrons. The van der Waals surface area contributed by atoms with Gasteiger partial charge in [-0.2, -0.15) is 0 Å². The molecule has 0 aliphatic heterocycles. The van der Waals surface area contributed by atoms with Gasteiger partial charge in [0.2, 0.25) is 12.8 Å². The second kappa shape index (κ2) is 36.8. The second-order valence-electron chi connectivity index (χ2n) is 5.89. The predicted molar refractivity (Wildman–Crippen MR) is 177 cm³/mol. The van der Waals surface area contributed by atoms with E-state index in [1.54, 1.807) is 30.5 Å². The van der Waals surface area contributed by atoms with Crippen molar-refractivity contribution in [1.29, 1.82) is 0 Å². The first kappa shape index (κ1) is 49.3. The van der Waals surface area contributed by atoms with Crippen molar-refractivity contribution >= 4 is 115 Å². The van der Waals surface area contributed by atoms with Crippen LogP contribution in [0.15, 0.2) is 0 Å². The lowest BCUT2D eigenvalue weighted by atomic mass is 9.86. The Kier molecular flexibility index (Phi) is 36.3. The fourth-order valence-corrected chi connectivity index (χ4v) is 3.38. The highest BCUT2D eigenvalue weighted by Crippen LogP contribution is 2.23. The van der Waals surface area contributed by atoms with E-state index in [4.69, 9.17) is 48.2 Å². The maximum atomic E-state index is 11.8. The summed E-state index contributed by atoms with van der Waals surface area (Å²) in [7, 11) is -3.58. The molecule has 27 nitrogen and oxygen atoms in total. The summed E-state index contributed by atoms with van der Waals surface area (Å²) in [5.41, 5.74) is 3.03. The van der Waals surface area contributed by atoms with Crippen LogP contribution < -0.4 is 41.5 Å². The molecule has 4 atom stereocenters. The second-order valence-corrected chi connectivity index (χ2v) is 8.47. The number of nitrogens with two attached hydrogens (primary N) is 2. The third-order valence-electron chi connectivity index (χ3n) is 3.68. The number of carboxylic acid groups (broad SMARTS) is 5. The molecule has 4 unspecified atom stereocenters. The fourth-order valence-electron chi connectivity index (χ4n) is 1.92. The smallest absolute Gasteiger partial charge is 0.340 e. The first-order chi connectivity index (χ1) is 23.3. The molecule has 0 radical (unpaired) electrons. The predicted octanol–water partition coefficient (Wildman–Crippen LogP) is -4.25. The van der Waals surface area contributed by atoms with E-state index in [1.807, 2.05) is 0 Å². The Balaban J connectivity index is -0.000000101. The molecule has 0 fully saturated rings. The Morgan fingerprint density at radius 2 is 0.780 bits per heavy atom. The van der Waals surface area contributed by atoms with E-state index in [2.05, 4.69) is 4.74 Å². The highest BCUT2D eigenvalue weighted by atomic mass is 31.1. The van der Waals surface area contributed by atoms with E-state index in [9.17, 15) is 57.5 Å². The van der Waals surface area contributed by atoms with Gasteiger partial charge in [-0.25, -0.2) is 19.2 Å². The van der Waals surface area contributed by atoms with Crippen LogP contribution in [-0.2, 0) is 67.1 Å². The monoisotopic (exact) mass is 813 g/mol. The van der Waals surface area contributed by atoms with Crippen molar-refractivity contribution in [2.75, 3.05) is 0 Å². The lowest BCUT2D eigenvalue weighted by Gasteiger charge is -2.22. The summed E-state index contributed by atoms with van der Waals surface area (Å²) in [4.78, 5) is 139. The van der Waals surface area contributed by atoms with E-state index in [1.165, 1.54) is 0 Å². The van der Waals surface area contributed by atoms with E-state index in [0.29, 0.717) is 0 Å². The molecule has 0 saturated heterocycles. The average Bonchev–Trinajstić information content (AvgIpc) is 2.92. The van der Waals surface area contributed by atoms with Crippen LogP contribution in [0.2, 0.25) is 0 Å². The number of carbonyl (C=O) groups is 13. The van der Waals surface area contributed by atoms with Crippen LogP contribution in [0.1, 0.15) is 36.6 Å².